The van der Waals surface area contributed by atoms with E-state index < -0.39 is 30.8 Å². The molecule has 0 spiro atoms. The summed E-state index contributed by atoms with van der Waals surface area (Å²) < 4.78 is 77.4. The lowest BCUT2D eigenvalue weighted by atomic mass is 9.83. The number of rotatable bonds is 1. The van der Waals surface area contributed by atoms with Gasteiger partial charge in [-0.25, -0.2) is 13.3 Å². The fraction of sp³-hybridized carbons (Fsp3) is 0.421. The van der Waals surface area contributed by atoms with Crippen LogP contribution in [0, 0.1) is 32.3 Å². The Kier molecular flexibility index (Phi) is 2.50. The van der Waals surface area contributed by atoms with E-state index in [1.807, 2.05) is 0 Å². The van der Waals surface area contributed by atoms with E-state index in [-0.39, 0.29) is 33.5 Å². The Labute approximate surface area is 140 Å². The molecule has 0 aliphatic carbocycles. The van der Waals surface area contributed by atoms with Crippen LogP contribution in [0.4, 0.5) is 8.78 Å². The van der Waals surface area contributed by atoms with E-state index in [4.69, 9.17) is 8.22 Å². The lowest BCUT2D eigenvalue weighted by Crippen LogP contribution is -2.32. The minimum Gasteiger partial charge on any atom is -0.207 e. The fourth-order valence-electron chi connectivity index (χ4n) is 2.64. The number of aromatic nitrogens is 1. The van der Waals surface area contributed by atoms with Gasteiger partial charge in [0.05, 0.1) is 5.56 Å². The maximum atomic E-state index is 15.4. The molecule has 1 nitrogen and oxygen atoms in total. The number of pyridine rings is 1. The molecule has 0 radical (unpaired) electrons. The van der Waals surface area contributed by atoms with Crippen LogP contribution < -0.4 is 4.57 Å². The smallest absolute Gasteiger partial charge is 0.207 e. The minimum atomic E-state index is -2.70. The Bertz CT molecular complexity index is 924. The first-order valence-electron chi connectivity index (χ1n) is 10.0. The molecular weight excluding hydrogens is 280 g/mol. The second kappa shape index (κ2) is 5.45. The number of nitrogens with zero attached hydrogens (tertiary/aromatic N) is 1. The van der Waals surface area contributed by atoms with E-state index in [0.29, 0.717) is 0 Å². The van der Waals surface area contributed by atoms with Gasteiger partial charge < -0.3 is 0 Å². The van der Waals surface area contributed by atoms with Gasteiger partial charge in [-0.2, -0.15) is 0 Å². The van der Waals surface area contributed by atoms with Crippen molar-refractivity contribution in [3.63, 3.8) is 0 Å². The van der Waals surface area contributed by atoms with Crippen LogP contribution in [-0.4, -0.2) is 0 Å². The van der Waals surface area contributed by atoms with Gasteiger partial charge in [0, 0.05) is 25.4 Å². The van der Waals surface area contributed by atoms with Gasteiger partial charge in [0.15, 0.2) is 6.20 Å². The molecule has 2 aromatic rings. The fourth-order valence-corrected chi connectivity index (χ4v) is 2.64. The summed E-state index contributed by atoms with van der Waals surface area (Å²) in [7, 11) is 1.51. The predicted molar refractivity (Wildman–Crippen MR) is 85.9 cm³/mol. The molecule has 0 saturated heterocycles. The molecular formula is C19H24F2N+. The third-order valence-electron chi connectivity index (χ3n) is 3.70. The zero-order valence-corrected chi connectivity index (χ0v) is 13.4. The molecule has 0 atom stereocenters. The van der Waals surface area contributed by atoms with Crippen LogP contribution in [0.5, 0.6) is 0 Å². The lowest BCUT2D eigenvalue weighted by Gasteiger charge is -2.22. The van der Waals surface area contributed by atoms with Gasteiger partial charge in [-0.1, -0.05) is 20.8 Å². The van der Waals surface area contributed by atoms with Crippen molar-refractivity contribution in [1.29, 1.82) is 0 Å². The maximum absolute atomic E-state index is 15.4. The van der Waals surface area contributed by atoms with Crippen molar-refractivity contribution < 1.29 is 21.6 Å². The highest BCUT2D eigenvalue weighted by molar-refractivity contribution is 5.64. The Morgan fingerprint density at radius 1 is 1.05 bits per heavy atom. The van der Waals surface area contributed by atoms with Gasteiger partial charge in [0.2, 0.25) is 5.69 Å². The number of aryl methyl sites for hydroxylation is 4. The summed E-state index contributed by atoms with van der Waals surface area (Å²) in [6.45, 7) is 1.22. The average molecular weight is 310 g/mol. The Morgan fingerprint density at radius 2 is 1.68 bits per heavy atom. The summed E-state index contributed by atoms with van der Waals surface area (Å²) in [5.41, 5.74) is -1.12. The quantitative estimate of drug-likeness (QED) is 0.673. The topological polar surface area (TPSA) is 3.88 Å². The molecule has 0 saturated carbocycles. The molecule has 0 aliphatic rings. The molecule has 0 N–H and O–H groups in total. The molecule has 0 aliphatic heterocycles. The summed E-state index contributed by atoms with van der Waals surface area (Å²) >= 11 is 0. The molecule has 1 heterocycles. The van der Waals surface area contributed by atoms with Gasteiger partial charge in [-0.3, -0.25) is 0 Å². The molecule has 0 unspecified atom stereocenters. The van der Waals surface area contributed by atoms with Crippen molar-refractivity contribution in [2.24, 2.45) is 7.05 Å². The molecule has 3 heteroatoms. The molecule has 1 aromatic heterocycles. The number of halogens is 2. The summed E-state index contributed by atoms with van der Waals surface area (Å²) in [5.74, 6) is -1.46. The van der Waals surface area contributed by atoms with Crippen LogP contribution in [-0.2, 0) is 12.5 Å². The molecule has 0 fully saturated rings. The lowest BCUT2D eigenvalue weighted by molar-refractivity contribution is -0.660. The Hall–Kier alpha value is -1.77. The minimum absolute atomic E-state index is 0.0522. The van der Waals surface area contributed by atoms with Crippen LogP contribution in [0.15, 0.2) is 18.3 Å². The normalized spacial score (nSPS) is 17.0. The second-order valence-corrected chi connectivity index (χ2v) is 6.59. The van der Waals surface area contributed by atoms with Gasteiger partial charge in [0.25, 0.3) is 0 Å². The summed E-state index contributed by atoms with van der Waals surface area (Å²) in [4.78, 5) is 0. The molecule has 1 aromatic carbocycles. The van der Waals surface area contributed by atoms with Crippen molar-refractivity contribution in [3.8, 4) is 11.3 Å². The standard InChI is InChI=1S/C19H24F2N/c1-11-9-15(22(7)10-13(11)3)16-12(2)8-14(20)17(18(16)21)19(4,5)6/h8-10H,1-7H3/q+1/i1D3,3D3. The van der Waals surface area contributed by atoms with Gasteiger partial charge in [-0.05, 0) is 43.2 Å². The molecule has 0 bridgehead atoms. The van der Waals surface area contributed by atoms with Crippen molar-refractivity contribution in [3.05, 3.63) is 52.2 Å². The highest BCUT2D eigenvalue weighted by atomic mass is 19.1. The number of hydrogen-bond acceptors (Lipinski definition) is 0. The summed E-state index contributed by atoms with van der Waals surface area (Å²) in [5, 5.41) is 0. The van der Waals surface area contributed by atoms with E-state index >= 15 is 4.39 Å². The third kappa shape index (κ3) is 2.77. The van der Waals surface area contributed by atoms with Gasteiger partial charge >= 0.3 is 0 Å². The van der Waals surface area contributed by atoms with E-state index in [1.165, 1.54) is 36.9 Å². The Balaban J connectivity index is 2.95. The Morgan fingerprint density at radius 3 is 2.23 bits per heavy atom. The zero-order valence-electron chi connectivity index (χ0n) is 19.4. The molecule has 22 heavy (non-hydrogen) atoms. The van der Waals surface area contributed by atoms with E-state index in [2.05, 4.69) is 0 Å². The van der Waals surface area contributed by atoms with E-state index in [1.54, 1.807) is 20.8 Å². The molecule has 118 valence electrons. The number of hydrogen-bond donors (Lipinski definition) is 0. The zero-order chi connectivity index (χ0) is 21.8. The van der Waals surface area contributed by atoms with Gasteiger partial charge in [-0.15, -0.1) is 0 Å². The van der Waals surface area contributed by atoms with Gasteiger partial charge in [0.1, 0.15) is 18.7 Å². The van der Waals surface area contributed by atoms with Crippen LogP contribution in [0.2, 0.25) is 0 Å². The predicted octanol–water partition coefficient (Wildman–Crippen LogP) is 4.68. The van der Waals surface area contributed by atoms with Crippen LogP contribution in [0.25, 0.3) is 11.3 Å². The summed E-state index contributed by atoms with van der Waals surface area (Å²) in [6.07, 6.45) is 1.18. The van der Waals surface area contributed by atoms with Crippen LogP contribution in [0.3, 0.4) is 0 Å². The first kappa shape index (κ1) is 10.1. The summed E-state index contributed by atoms with van der Waals surface area (Å²) in [6, 6.07) is 2.39. The third-order valence-corrected chi connectivity index (χ3v) is 3.70. The molecule has 0 amide bonds. The largest absolute Gasteiger partial charge is 0.215 e. The first-order valence-corrected chi connectivity index (χ1v) is 7.00. The molecule has 2 rings (SSSR count). The highest BCUT2D eigenvalue weighted by Gasteiger charge is 2.29. The van der Waals surface area contributed by atoms with Crippen LogP contribution in [0.1, 0.15) is 51.2 Å². The van der Waals surface area contributed by atoms with Crippen molar-refractivity contribution in [2.45, 2.75) is 46.8 Å². The maximum Gasteiger partial charge on any atom is 0.215 e. The van der Waals surface area contributed by atoms with Crippen LogP contribution >= 0.6 is 0 Å². The van der Waals surface area contributed by atoms with E-state index in [9.17, 15) is 4.39 Å². The van der Waals surface area contributed by atoms with E-state index in [0.717, 1.165) is 0 Å². The highest BCUT2D eigenvalue weighted by Crippen LogP contribution is 2.35. The van der Waals surface area contributed by atoms with Crippen molar-refractivity contribution >= 4 is 0 Å². The van der Waals surface area contributed by atoms with Crippen molar-refractivity contribution in [1.82, 2.24) is 0 Å². The number of benzene rings is 1. The second-order valence-electron chi connectivity index (χ2n) is 6.59. The first-order chi connectivity index (χ1) is 12.5. The SMILES string of the molecule is [2H]C([2H])([2H])c1cc(-c2c(C)cc(F)c(C(C)(C)C)c2F)[n+](C)cc1C([2H])([2H])[2H]. The monoisotopic (exact) mass is 310 g/mol. The average Bonchev–Trinajstić information content (AvgIpc) is 2.44. The van der Waals surface area contributed by atoms with Crippen molar-refractivity contribution in [2.75, 3.05) is 0 Å².